The lowest BCUT2D eigenvalue weighted by molar-refractivity contribution is 0.413. The van der Waals surface area contributed by atoms with Gasteiger partial charge in [-0.05, 0) is 23.1 Å². The van der Waals surface area contributed by atoms with Crippen molar-refractivity contribution in [1.82, 2.24) is 4.98 Å². The summed E-state index contributed by atoms with van der Waals surface area (Å²) in [5, 5.41) is 0. The van der Waals surface area contributed by atoms with Gasteiger partial charge in [-0.25, -0.2) is 4.98 Å². The molecule has 0 fully saturated rings. The second kappa shape index (κ2) is 5.67. The summed E-state index contributed by atoms with van der Waals surface area (Å²) in [6.45, 7) is 7.07. The highest BCUT2D eigenvalue weighted by atomic mass is 16.5. The fourth-order valence-corrected chi connectivity index (χ4v) is 2.04. The molecular formula is C16H22N2O2. The van der Waals surface area contributed by atoms with E-state index in [0.717, 1.165) is 17.1 Å². The van der Waals surface area contributed by atoms with E-state index in [9.17, 15) is 0 Å². The van der Waals surface area contributed by atoms with Crippen LogP contribution in [0.5, 0.6) is 5.75 Å². The number of nitrogens with two attached hydrogens (primary N) is 1. The molecule has 108 valence electrons. The summed E-state index contributed by atoms with van der Waals surface area (Å²) in [7, 11) is 1.66. The van der Waals surface area contributed by atoms with Crippen molar-refractivity contribution in [3.05, 3.63) is 35.9 Å². The van der Waals surface area contributed by atoms with Gasteiger partial charge in [-0.15, -0.1) is 0 Å². The van der Waals surface area contributed by atoms with Crippen LogP contribution < -0.4 is 10.5 Å². The maximum atomic E-state index is 5.75. The Labute approximate surface area is 120 Å². The van der Waals surface area contributed by atoms with Gasteiger partial charge < -0.3 is 14.9 Å². The largest absolute Gasteiger partial charge is 0.496 e. The van der Waals surface area contributed by atoms with Gasteiger partial charge in [0.15, 0.2) is 11.7 Å². The molecule has 1 aromatic heterocycles. The van der Waals surface area contributed by atoms with Crippen molar-refractivity contribution in [3.8, 4) is 17.1 Å². The standard InChI is InChI=1S/C16H22N2O2/c1-16(2,3)11-5-6-13(19-4)12(9-11)14-10-18-15(20-14)7-8-17/h5-6,9-10H,7-8,17H2,1-4H3. The zero-order valence-corrected chi connectivity index (χ0v) is 12.6. The third-order valence-corrected chi connectivity index (χ3v) is 3.24. The summed E-state index contributed by atoms with van der Waals surface area (Å²) in [6, 6.07) is 6.16. The number of rotatable bonds is 4. The topological polar surface area (TPSA) is 61.3 Å². The lowest BCUT2D eigenvalue weighted by atomic mass is 9.86. The molecular weight excluding hydrogens is 252 g/mol. The van der Waals surface area contributed by atoms with Crippen molar-refractivity contribution in [3.63, 3.8) is 0 Å². The zero-order chi connectivity index (χ0) is 14.8. The van der Waals surface area contributed by atoms with Crippen LogP contribution in [0.15, 0.2) is 28.8 Å². The van der Waals surface area contributed by atoms with Gasteiger partial charge in [0.2, 0.25) is 0 Å². The molecule has 0 saturated carbocycles. The lowest BCUT2D eigenvalue weighted by Crippen LogP contribution is -2.11. The molecule has 0 spiro atoms. The van der Waals surface area contributed by atoms with E-state index < -0.39 is 0 Å². The molecule has 0 unspecified atom stereocenters. The third-order valence-electron chi connectivity index (χ3n) is 3.24. The predicted octanol–water partition coefficient (Wildman–Crippen LogP) is 3.15. The van der Waals surface area contributed by atoms with Crippen molar-refractivity contribution < 1.29 is 9.15 Å². The Kier molecular flexibility index (Phi) is 4.14. The first-order chi connectivity index (χ1) is 9.45. The predicted molar refractivity (Wildman–Crippen MR) is 79.9 cm³/mol. The van der Waals surface area contributed by atoms with Crippen LogP contribution in [0.1, 0.15) is 32.2 Å². The van der Waals surface area contributed by atoms with Gasteiger partial charge in [-0.3, -0.25) is 0 Å². The second-order valence-electron chi connectivity index (χ2n) is 5.82. The molecule has 0 bridgehead atoms. The highest BCUT2D eigenvalue weighted by Gasteiger charge is 2.18. The maximum absolute atomic E-state index is 5.75. The molecule has 0 aliphatic rings. The molecule has 4 heteroatoms. The second-order valence-corrected chi connectivity index (χ2v) is 5.82. The van der Waals surface area contributed by atoms with Crippen LogP contribution in [-0.4, -0.2) is 18.6 Å². The quantitative estimate of drug-likeness (QED) is 0.930. The van der Waals surface area contributed by atoms with Crippen molar-refractivity contribution in [2.24, 2.45) is 5.73 Å². The van der Waals surface area contributed by atoms with E-state index in [2.05, 4.69) is 37.9 Å². The van der Waals surface area contributed by atoms with Crippen LogP contribution in [0, 0.1) is 0 Å². The van der Waals surface area contributed by atoms with Gasteiger partial charge in [0.05, 0.1) is 18.9 Å². The summed E-state index contributed by atoms with van der Waals surface area (Å²) in [5.41, 5.74) is 7.75. The molecule has 0 saturated heterocycles. The van der Waals surface area contributed by atoms with Gasteiger partial charge in [-0.2, -0.15) is 0 Å². The molecule has 0 aliphatic carbocycles. The molecule has 0 amide bonds. The highest BCUT2D eigenvalue weighted by molar-refractivity contribution is 5.66. The first-order valence-electron chi connectivity index (χ1n) is 6.79. The van der Waals surface area contributed by atoms with Crippen LogP contribution in [-0.2, 0) is 11.8 Å². The highest BCUT2D eigenvalue weighted by Crippen LogP contribution is 2.35. The van der Waals surface area contributed by atoms with Gasteiger partial charge in [0.1, 0.15) is 5.75 Å². The molecule has 2 N–H and O–H groups in total. The lowest BCUT2D eigenvalue weighted by Gasteiger charge is -2.20. The number of benzene rings is 1. The molecule has 2 aromatic rings. The minimum atomic E-state index is 0.0706. The first kappa shape index (κ1) is 14.6. The monoisotopic (exact) mass is 274 g/mol. The van der Waals surface area contributed by atoms with Crippen molar-refractivity contribution in [2.75, 3.05) is 13.7 Å². The average Bonchev–Trinajstić information content (AvgIpc) is 2.86. The minimum Gasteiger partial charge on any atom is -0.496 e. The summed E-state index contributed by atoms with van der Waals surface area (Å²) in [6.07, 6.45) is 2.37. The number of hydrogen-bond donors (Lipinski definition) is 1. The molecule has 0 aliphatic heterocycles. The maximum Gasteiger partial charge on any atom is 0.196 e. The van der Waals surface area contributed by atoms with Gasteiger partial charge >= 0.3 is 0 Å². The fraction of sp³-hybridized carbons (Fsp3) is 0.438. The van der Waals surface area contributed by atoms with Crippen LogP contribution in [0.3, 0.4) is 0 Å². The minimum absolute atomic E-state index is 0.0706. The van der Waals surface area contributed by atoms with E-state index in [-0.39, 0.29) is 5.41 Å². The molecule has 1 heterocycles. The summed E-state index contributed by atoms with van der Waals surface area (Å²) < 4.78 is 11.2. The third kappa shape index (κ3) is 3.02. The summed E-state index contributed by atoms with van der Waals surface area (Å²) in [4.78, 5) is 4.25. The van der Waals surface area contributed by atoms with Crippen molar-refractivity contribution in [1.29, 1.82) is 0 Å². The molecule has 20 heavy (non-hydrogen) atoms. The number of nitrogens with zero attached hydrogens (tertiary/aromatic N) is 1. The van der Waals surface area contributed by atoms with Gasteiger partial charge in [0.25, 0.3) is 0 Å². The van der Waals surface area contributed by atoms with Crippen LogP contribution >= 0.6 is 0 Å². The molecule has 0 radical (unpaired) electrons. The van der Waals surface area contributed by atoms with Crippen LogP contribution in [0.4, 0.5) is 0 Å². The number of hydrogen-bond acceptors (Lipinski definition) is 4. The van der Waals surface area contributed by atoms with Gasteiger partial charge in [-0.1, -0.05) is 26.8 Å². The van der Waals surface area contributed by atoms with E-state index in [1.54, 1.807) is 13.3 Å². The number of methoxy groups -OCH3 is 1. The van der Waals surface area contributed by atoms with E-state index in [1.165, 1.54) is 5.56 Å². The first-order valence-corrected chi connectivity index (χ1v) is 6.79. The van der Waals surface area contributed by atoms with E-state index >= 15 is 0 Å². The molecule has 0 atom stereocenters. The Hall–Kier alpha value is -1.81. The Morgan fingerprint density at radius 2 is 2.05 bits per heavy atom. The average molecular weight is 274 g/mol. The number of ether oxygens (including phenoxy) is 1. The summed E-state index contributed by atoms with van der Waals surface area (Å²) >= 11 is 0. The normalized spacial score (nSPS) is 11.7. The van der Waals surface area contributed by atoms with Crippen molar-refractivity contribution in [2.45, 2.75) is 32.6 Å². The van der Waals surface area contributed by atoms with E-state index in [4.69, 9.17) is 14.9 Å². The molecule has 1 aromatic carbocycles. The van der Waals surface area contributed by atoms with Crippen LogP contribution in [0.25, 0.3) is 11.3 Å². The smallest absolute Gasteiger partial charge is 0.196 e. The summed E-state index contributed by atoms with van der Waals surface area (Å²) in [5.74, 6) is 2.16. The zero-order valence-electron chi connectivity index (χ0n) is 12.6. The van der Waals surface area contributed by atoms with E-state index in [1.807, 2.05) is 6.07 Å². The molecule has 2 rings (SSSR count). The van der Waals surface area contributed by atoms with E-state index in [0.29, 0.717) is 18.9 Å². The van der Waals surface area contributed by atoms with Crippen LogP contribution in [0.2, 0.25) is 0 Å². The SMILES string of the molecule is COc1ccc(C(C)(C)C)cc1-c1cnc(CCN)o1. The van der Waals surface area contributed by atoms with Crippen molar-refractivity contribution >= 4 is 0 Å². The Balaban J connectivity index is 2.46. The number of oxazole rings is 1. The number of aromatic nitrogens is 1. The van der Waals surface area contributed by atoms with Gasteiger partial charge in [0, 0.05) is 13.0 Å². The fourth-order valence-electron chi connectivity index (χ4n) is 2.04. The Morgan fingerprint density at radius 3 is 2.65 bits per heavy atom. The molecule has 4 nitrogen and oxygen atoms in total. The Morgan fingerprint density at radius 1 is 1.30 bits per heavy atom. The Bertz CT molecular complexity index is 582.